The van der Waals surface area contributed by atoms with Crippen molar-refractivity contribution >= 4 is 11.8 Å². The third kappa shape index (κ3) is 3.82. The van der Waals surface area contributed by atoms with Crippen LogP contribution in [0.3, 0.4) is 0 Å². The Bertz CT molecular complexity index is 691. The summed E-state index contributed by atoms with van der Waals surface area (Å²) in [6.45, 7) is 3.24. The molecule has 0 spiro atoms. The molecule has 2 fully saturated rings. The largest absolute Gasteiger partial charge is 0.489 e. The van der Waals surface area contributed by atoms with Crippen LogP contribution in [0.2, 0.25) is 0 Å². The minimum absolute atomic E-state index is 0.206. The molecule has 2 aromatic rings. The van der Waals surface area contributed by atoms with Crippen LogP contribution in [0.5, 0.6) is 5.75 Å². The molecule has 2 aromatic heterocycles. The highest BCUT2D eigenvalue weighted by molar-refractivity contribution is 5.45. The quantitative estimate of drug-likeness (QED) is 0.903. The predicted molar refractivity (Wildman–Crippen MR) is 95.0 cm³/mol. The van der Waals surface area contributed by atoms with Gasteiger partial charge in [0, 0.05) is 51.4 Å². The first-order valence-corrected chi connectivity index (χ1v) is 8.85. The number of rotatable bonds is 4. The molecule has 4 heterocycles. The number of ether oxygens (including phenoxy) is 1. The normalized spacial score (nSPS) is 21.6. The Hall–Kier alpha value is -2.41. The lowest BCUT2D eigenvalue weighted by molar-refractivity contribution is 0.170. The van der Waals surface area contributed by atoms with Gasteiger partial charge in [-0.05, 0) is 24.6 Å². The molecule has 0 aliphatic carbocycles. The number of aromatic nitrogens is 3. The number of aliphatic hydroxyl groups excluding tert-OH is 1. The smallest absolute Gasteiger partial charge is 0.227 e. The van der Waals surface area contributed by atoms with E-state index < -0.39 is 0 Å². The number of β-amino-alcohol motifs (C(OH)–C–C–N with tert-alkyl or cyclic N) is 1. The average Bonchev–Trinajstić information content (AvgIpc) is 3.10. The van der Waals surface area contributed by atoms with Crippen molar-refractivity contribution < 1.29 is 9.84 Å². The molecular formula is C18H23N5O2. The first kappa shape index (κ1) is 16.1. The molecule has 0 amide bonds. The zero-order chi connectivity index (χ0) is 17.1. The summed E-state index contributed by atoms with van der Waals surface area (Å²) in [5.41, 5.74) is 0. The van der Waals surface area contributed by atoms with E-state index in [1.807, 2.05) is 18.2 Å². The van der Waals surface area contributed by atoms with E-state index in [1.54, 1.807) is 18.6 Å². The third-order valence-electron chi connectivity index (χ3n) is 4.78. The van der Waals surface area contributed by atoms with Crippen LogP contribution in [0.25, 0.3) is 0 Å². The van der Waals surface area contributed by atoms with E-state index in [4.69, 9.17) is 9.72 Å². The van der Waals surface area contributed by atoms with Gasteiger partial charge < -0.3 is 19.6 Å². The van der Waals surface area contributed by atoms with Crippen molar-refractivity contribution in [1.29, 1.82) is 0 Å². The number of hydrogen-bond acceptors (Lipinski definition) is 7. The Morgan fingerprint density at radius 3 is 2.60 bits per heavy atom. The maximum Gasteiger partial charge on any atom is 0.227 e. The molecule has 1 N–H and O–H groups in total. The van der Waals surface area contributed by atoms with Gasteiger partial charge in [0.05, 0.1) is 12.3 Å². The predicted octanol–water partition coefficient (Wildman–Crippen LogP) is 1.49. The first-order valence-electron chi connectivity index (χ1n) is 8.85. The Kier molecular flexibility index (Phi) is 4.65. The van der Waals surface area contributed by atoms with Crippen LogP contribution in [0.4, 0.5) is 11.8 Å². The second-order valence-corrected chi connectivity index (χ2v) is 6.60. The van der Waals surface area contributed by atoms with Crippen molar-refractivity contribution in [1.82, 2.24) is 15.0 Å². The second kappa shape index (κ2) is 7.23. The highest BCUT2D eigenvalue weighted by Crippen LogP contribution is 2.23. The maximum absolute atomic E-state index is 9.72. The van der Waals surface area contributed by atoms with Gasteiger partial charge in [-0.15, -0.1) is 0 Å². The molecule has 0 aromatic carbocycles. The maximum atomic E-state index is 9.72. The van der Waals surface area contributed by atoms with Crippen molar-refractivity contribution in [3.63, 3.8) is 0 Å². The number of piperidine rings is 1. The Morgan fingerprint density at radius 2 is 1.88 bits per heavy atom. The van der Waals surface area contributed by atoms with E-state index in [1.165, 1.54) is 0 Å². The van der Waals surface area contributed by atoms with E-state index in [9.17, 15) is 5.11 Å². The fourth-order valence-electron chi connectivity index (χ4n) is 3.40. The summed E-state index contributed by atoms with van der Waals surface area (Å²) in [4.78, 5) is 17.6. The average molecular weight is 341 g/mol. The minimum Gasteiger partial charge on any atom is -0.489 e. The van der Waals surface area contributed by atoms with Gasteiger partial charge in [-0.25, -0.2) is 4.98 Å². The van der Waals surface area contributed by atoms with Gasteiger partial charge >= 0.3 is 0 Å². The summed E-state index contributed by atoms with van der Waals surface area (Å²) >= 11 is 0. The topological polar surface area (TPSA) is 74.6 Å². The molecule has 0 radical (unpaired) electrons. The summed E-state index contributed by atoms with van der Waals surface area (Å²) < 4.78 is 5.99. The van der Waals surface area contributed by atoms with Crippen molar-refractivity contribution in [2.45, 2.75) is 31.5 Å². The number of anilines is 2. The summed E-state index contributed by atoms with van der Waals surface area (Å²) in [7, 11) is 0. The molecule has 7 heteroatoms. The van der Waals surface area contributed by atoms with Crippen molar-refractivity contribution in [3.8, 4) is 5.75 Å². The number of nitrogens with zero attached hydrogens (tertiary/aromatic N) is 5. The lowest BCUT2D eigenvalue weighted by atomic mass is 10.1. The molecule has 4 rings (SSSR count). The SMILES string of the molecule is OC1CCN(c2ccnc(N3CCC(Oc4cccnc4)CC3)n2)C1. The fourth-order valence-corrected chi connectivity index (χ4v) is 3.40. The molecule has 2 saturated heterocycles. The molecule has 132 valence electrons. The summed E-state index contributed by atoms with van der Waals surface area (Å²) in [5.74, 6) is 2.49. The Morgan fingerprint density at radius 1 is 1.04 bits per heavy atom. The number of pyridine rings is 1. The lowest BCUT2D eigenvalue weighted by Gasteiger charge is -2.32. The molecular weight excluding hydrogens is 318 g/mol. The van der Waals surface area contributed by atoms with Crippen LogP contribution in [0, 0.1) is 0 Å². The highest BCUT2D eigenvalue weighted by Gasteiger charge is 2.25. The van der Waals surface area contributed by atoms with Gasteiger partial charge in [0.25, 0.3) is 0 Å². The van der Waals surface area contributed by atoms with Crippen LogP contribution >= 0.6 is 0 Å². The summed E-state index contributed by atoms with van der Waals surface area (Å²) in [5, 5.41) is 9.72. The van der Waals surface area contributed by atoms with E-state index in [0.29, 0.717) is 6.54 Å². The number of hydrogen-bond donors (Lipinski definition) is 1. The Balaban J connectivity index is 1.36. The molecule has 25 heavy (non-hydrogen) atoms. The molecule has 0 saturated carbocycles. The monoisotopic (exact) mass is 341 g/mol. The van der Waals surface area contributed by atoms with Crippen LogP contribution in [-0.4, -0.2) is 58.4 Å². The first-order chi connectivity index (χ1) is 12.3. The summed E-state index contributed by atoms with van der Waals surface area (Å²) in [6, 6.07) is 5.75. The van der Waals surface area contributed by atoms with E-state index in [2.05, 4.69) is 19.8 Å². The van der Waals surface area contributed by atoms with Gasteiger partial charge in [0.2, 0.25) is 5.95 Å². The van der Waals surface area contributed by atoms with Gasteiger partial charge in [-0.3, -0.25) is 4.98 Å². The van der Waals surface area contributed by atoms with Crippen LogP contribution in [0.15, 0.2) is 36.8 Å². The van der Waals surface area contributed by atoms with Gasteiger partial charge in [0.1, 0.15) is 17.7 Å². The van der Waals surface area contributed by atoms with E-state index in [-0.39, 0.29) is 12.2 Å². The van der Waals surface area contributed by atoms with E-state index in [0.717, 1.165) is 56.4 Å². The van der Waals surface area contributed by atoms with Crippen molar-refractivity contribution in [2.24, 2.45) is 0 Å². The Labute approximate surface area is 147 Å². The second-order valence-electron chi connectivity index (χ2n) is 6.60. The van der Waals surface area contributed by atoms with Gasteiger partial charge in [-0.2, -0.15) is 4.98 Å². The molecule has 0 bridgehead atoms. The van der Waals surface area contributed by atoms with Crippen LogP contribution in [-0.2, 0) is 0 Å². The minimum atomic E-state index is -0.251. The molecule has 2 aliphatic heterocycles. The molecule has 1 atom stereocenters. The third-order valence-corrected chi connectivity index (χ3v) is 4.78. The van der Waals surface area contributed by atoms with Crippen molar-refractivity contribution in [3.05, 3.63) is 36.8 Å². The zero-order valence-electron chi connectivity index (χ0n) is 14.2. The van der Waals surface area contributed by atoms with Gasteiger partial charge in [0.15, 0.2) is 0 Å². The number of aliphatic hydroxyl groups is 1. The standard InChI is InChI=1S/C18H23N5O2/c24-14-4-9-23(13-14)17-3-8-20-18(21-17)22-10-5-15(6-11-22)25-16-2-1-7-19-12-16/h1-3,7-8,12,14-15,24H,4-6,9-11,13H2. The van der Waals surface area contributed by atoms with E-state index >= 15 is 0 Å². The zero-order valence-corrected chi connectivity index (χ0v) is 14.2. The highest BCUT2D eigenvalue weighted by atomic mass is 16.5. The lowest BCUT2D eigenvalue weighted by Crippen LogP contribution is -2.39. The van der Waals surface area contributed by atoms with Crippen LogP contribution in [0.1, 0.15) is 19.3 Å². The molecule has 7 nitrogen and oxygen atoms in total. The summed E-state index contributed by atoms with van der Waals surface area (Å²) in [6.07, 6.45) is 7.94. The van der Waals surface area contributed by atoms with Crippen molar-refractivity contribution in [2.75, 3.05) is 36.0 Å². The van der Waals surface area contributed by atoms with Gasteiger partial charge in [-0.1, -0.05) is 0 Å². The molecule has 2 aliphatic rings. The van der Waals surface area contributed by atoms with Crippen LogP contribution < -0.4 is 14.5 Å². The fraction of sp³-hybridized carbons (Fsp3) is 0.500. The molecule has 1 unspecified atom stereocenters.